The predicted molar refractivity (Wildman–Crippen MR) is 36.6 cm³/mol. The molecule has 3 aliphatic rings. The van der Waals surface area contributed by atoms with E-state index >= 15 is 0 Å². The van der Waals surface area contributed by atoms with Gasteiger partial charge in [0.05, 0.1) is 6.54 Å². The van der Waals surface area contributed by atoms with Crippen molar-refractivity contribution in [1.29, 1.82) is 0 Å². The first kappa shape index (κ1) is 4.04. The van der Waals surface area contributed by atoms with Gasteiger partial charge < -0.3 is 0 Å². The van der Waals surface area contributed by atoms with Crippen LogP contribution in [0.25, 0.3) is 0 Å². The van der Waals surface area contributed by atoms with Gasteiger partial charge in [-0.25, -0.2) is 0 Å². The van der Waals surface area contributed by atoms with E-state index in [4.69, 9.17) is 0 Å². The van der Waals surface area contributed by atoms with E-state index in [1.165, 1.54) is 12.1 Å². The fraction of sp³-hybridized carbons (Fsp3) is 0.375. The van der Waals surface area contributed by atoms with Crippen molar-refractivity contribution >= 4 is 5.71 Å². The van der Waals surface area contributed by atoms with Crippen molar-refractivity contribution in [3.8, 4) is 0 Å². The molecule has 0 fully saturated rings. The van der Waals surface area contributed by atoms with E-state index < -0.39 is 0 Å². The maximum absolute atomic E-state index is 4.41. The van der Waals surface area contributed by atoms with Gasteiger partial charge in [0, 0.05) is 11.6 Å². The molecule has 0 amide bonds. The first-order valence-electron chi connectivity index (χ1n) is 3.39. The summed E-state index contributed by atoms with van der Waals surface area (Å²) in [5.74, 6) is 0.653. The molecule has 0 bridgehead atoms. The standard InChI is InChI=1S/C8H7N/c1-2-5(1)8-7-3-6(7)4-9-8/h1-2,5H,3-4H2. The largest absolute Gasteiger partial charge is 0.284 e. The molecule has 0 saturated heterocycles. The van der Waals surface area contributed by atoms with Crippen molar-refractivity contribution in [3.63, 3.8) is 0 Å². The van der Waals surface area contributed by atoms with E-state index in [2.05, 4.69) is 17.1 Å². The van der Waals surface area contributed by atoms with Gasteiger partial charge in [-0.05, 0) is 17.6 Å². The molecule has 3 rings (SSSR count). The lowest BCUT2D eigenvalue weighted by molar-refractivity contribution is 1.14. The third-order valence-corrected chi connectivity index (χ3v) is 2.14. The van der Waals surface area contributed by atoms with Crippen molar-refractivity contribution in [1.82, 2.24) is 0 Å². The number of allylic oxidation sites excluding steroid dienone is 3. The average molecular weight is 117 g/mol. The Hall–Kier alpha value is -0.850. The Balaban J connectivity index is 1.98. The van der Waals surface area contributed by atoms with Gasteiger partial charge in [-0.2, -0.15) is 0 Å². The molecule has 44 valence electrons. The minimum Gasteiger partial charge on any atom is -0.284 e. The van der Waals surface area contributed by atoms with Gasteiger partial charge >= 0.3 is 0 Å². The van der Waals surface area contributed by atoms with Crippen LogP contribution >= 0.6 is 0 Å². The number of hydrogen-bond acceptors (Lipinski definition) is 1. The van der Waals surface area contributed by atoms with Crippen LogP contribution in [0.3, 0.4) is 0 Å². The summed E-state index contributed by atoms with van der Waals surface area (Å²) in [4.78, 5) is 4.41. The lowest BCUT2D eigenvalue weighted by Gasteiger charge is -1.95. The molecule has 0 spiro atoms. The lowest BCUT2D eigenvalue weighted by Crippen LogP contribution is -1.98. The van der Waals surface area contributed by atoms with Gasteiger partial charge in [0.15, 0.2) is 0 Å². The maximum atomic E-state index is 4.41. The highest BCUT2D eigenvalue weighted by Gasteiger charge is 2.35. The Morgan fingerprint density at radius 3 is 2.78 bits per heavy atom. The third-order valence-electron chi connectivity index (χ3n) is 2.14. The SMILES string of the molecule is C1=CC1C1=NCC2=C1C2. The summed E-state index contributed by atoms with van der Waals surface area (Å²) in [5, 5.41) is 0. The van der Waals surface area contributed by atoms with Crippen molar-refractivity contribution in [2.75, 3.05) is 6.54 Å². The van der Waals surface area contributed by atoms with E-state index in [0.717, 1.165) is 6.54 Å². The maximum Gasteiger partial charge on any atom is 0.0613 e. The van der Waals surface area contributed by atoms with Crippen LogP contribution in [-0.2, 0) is 0 Å². The van der Waals surface area contributed by atoms with Gasteiger partial charge in [0.2, 0.25) is 0 Å². The minimum absolute atomic E-state index is 0.653. The molecule has 2 aliphatic carbocycles. The first-order valence-corrected chi connectivity index (χ1v) is 3.39. The molecule has 1 aliphatic heterocycles. The molecule has 0 aromatic heterocycles. The van der Waals surface area contributed by atoms with Crippen LogP contribution in [0.5, 0.6) is 0 Å². The summed E-state index contributed by atoms with van der Waals surface area (Å²) in [7, 11) is 0. The molecule has 9 heavy (non-hydrogen) atoms. The van der Waals surface area contributed by atoms with Crippen molar-refractivity contribution in [2.24, 2.45) is 10.9 Å². The molecule has 1 heterocycles. The van der Waals surface area contributed by atoms with Crippen LogP contribution in [0.4, 0.5) is 0 Å². The van der Waals surface area contributed by atoms with Crippen LogP contribution in [-0.4, -0.2) is 12.3 Å². The molecule has 0 atom stereocenters. The van der Waals surface area contributed by atoms with Crippen LogP contribution in [0.2, 0.25) is 0 Å². The van der Waals surface area contributed by atoms with Crippen LogP contribution in [0.1, 0.15) is 6.42 Å². The summed E-state index contributed by atoms with van der Waals surface area (Å²) >= 11 is 0. The van der Waals surface area contributed by atoms with Crippen molar-refractivity contribution in [2.45, 2.75) is 6.42 Å². The second-order valence-electron chi connectivity index (χ2n) is 2.87. The fourth-order valence-corrected chi connectivity index (χ4v) is 1.41. The van der Waals surface area contributed by atoms with E-state index in [0.29, 0.717) is 5.92 Å². The number of hydrogen-bond donors (Lipinski definition) is 0. The molecule has 1 heteroatoms. The second kappa shape index (κ2) is 1.04. The third kappa shape index (κ3) is 0.424. The van der Waals surface area contributed by atoms with Crippen molar-refractivity contribution in [3.05, 3.63) is 23.3 Å². The average Bonchev–Trinajstić information content (AvgIpc) is 2.74. The lowest BCUT2D eigenvalue weighted by atomic mass is 10.2. The predicted octanol–water partition coefficient (Wildman–Crippen LogP) is 1.33. The van der Waals surface area contributed by atoms with E-state index in [1.807, 2.05) is 0 Å². The van der Waals surface area contributed by atoms with E-state index in [9.17, 15) is 0 Å². The van der Waals surface area contributed by atoms with Crippen LogP contribution in [0, 0.1) is 5.92 Å². The highest BCUT2D eigenvalue weighted by molar-refractivity contribution is 6.12. The number of nitrogens with zero attached hydrogens (tertiary/aromatic N) is 1. The number of aliphatic imine (C=N–C) groups is 1. The summed E-state index contributed by atoms with van der Waals surface area (Å²) in [6.07, 6.45) is 5.71. The van der Waals surface area contributed by atoms with Crippen LogP contribution < -0.4 is 0 Å². The first-order chi connectivity index (χ1) is 4.45. The van der Waals surface area contributed by atoms with Crippen LogP contribution in [0.15, 0.2) is 28.3 Å². The van der Waals surface area contributed by atoms with E-state index in [1.54, 1.807) is 11.1 Å². The second-order valence-corrected chi connectivity index (χ2v) is 2.87. The molecule has 1 nitrogen and oxygen atoms in total. The highest BCUT2D eigenvalue weighted by Crippen LogP contribution is 2.42. The zero-order valence-electron chi connectivity index (χ0n) is 5.09. The van der Waals surface area contributed by atoms with Gasteiger partial charge in [0.25, 0.3) is 0 Å². The Morgan fingerprint density at radius 2 is 2.33 bits per heavy atom. The topological polar surface area (TPSA) is 12.4 Å². The Labute approximate surface area is 53.8 Å². The van der Waals surface area contributed by atoms with Gasteiger partial charge in [0.1, 0.15) is 0 Å². The molecule has 0 aromatic rings. The van der Waals surface area contributed by atoms with Crippen molar-refractivity contribution < 1.29 is 0 Å². The summed E-state index contributed by atoms with van der Waals surface area (Å²) in [5.41, 5.74) is 4.55. The Morgan fingerprint density at radius 1 is 1.44 bits per heavy atom. The van der Waals surface area contributed by atoms with Gasteiger partial charge in [-0.15, -0.1) is 0 Å². The minimum atomic E-state index is 0.653. The highest BCUT2D eigenvalue weighted by atomic mass is 14.8. The Kier molecular flexibility index (Phi) is 0.466. The molecular weight excluding hydrogens is 110 g/mol. The summed E-state index contributed by atoms with van der Waals surface area (Å²) in [6.45, 7) is 1.02. The normalized spacial score (nSPS) is 28.7. The quantitative estimate of drug-likeness (QED) is 0.459. The monoisotopic (exact) mass is 117 g/mol. The fourth-order valence-electron chi connectivity index (χ4n) is 1.41. The molecule has 0 radical (unpaired) electrons. The van der Waals surface area contributed by atoms with Gasteiger partial charge in [-0.1, -0.05) is 12.2 Å². The molecule has 0 N–H and O–H groups in total. The number of rotatable bonds is 1. The van der Waals surface area contributed by atoms with E-state index in [-0.39, 0.29) is 0 Å². The summed E-state index contributed by atoms with van der Waals surface area (Å²) in [6, 6.07) is 0. The van der Waals surface area contributed by atoms with Gasteiger partial charge in [-0.3, -0.25) is 4.99 Å². The molecular formula is C8H7N. The molecule has 0 aromatic carbocycles. The molecule has 0 unspecified atom stereocenters. The Bertz CT molecular complexity index is 262. The zero-order valence-corrected chi connectivity index (χ0v) is 5.09. The summed E-state index contributed by atoms with van der Waals surface area (Å²) < 4.78 is 0. The zero-order chi connectivity index (χ0) is 5.84. The molecule has 0 saturated carbocycles. The smallest absolute Gasteiger partial charge is 0.0613 e.